The number of hydrogen-bond donors (Lipinski definition) is 3. The van der Waals surface area contributed by atoms with Crippen LogP contribution in [0.15, 0.2) is 22.7 Å². The summed E-state index contributed by atoms with van der Waals surface area (Å²) >= 11 is 0. The first-order chi connectivity index (χ1) is 9.72. The van der Waals surface area contributed by atoms with Crippen LogP contribution in [0.2, 0.25) is 0 Å². The zero-order valence-electron chi connectivity index (χ0n) is 11.9. The second-order valence-corrected chi connectivity index (χ2v) is 5.67. The van der Waals surface area contributed by atoms with Crippen molar-refractivity contribution in [3.8, 4) is 11.5 Å². The number of H-pyrrole nitrogens is 1. The molecule has 2 heterocycles. The minimum absolute atomic E-state index is 0.392. The van der Waals surface area contributed by atoms with Gasteiger partial charge >= 0.3 is 0 Å². The van der Waals surface area contributed by atoms with Gasteiger partial charge in [-0.1, -0.05) is 0 Å². The van der Waals surface area contributed by atoms with Crippen LogP contribution in [0.5, 0.6) is 0 Å². The molecule has 5 nitrogen and oxygen atoms in total. The first-order valence-electron chi connectivity index (χ1n) is 7.30. The van der Waals surface area contributed by atoms with Gasteiger partial charge < -0.3 is 15.5 Å². The van der Waals surface area contributed by atoms with E-state index in [1.165, 1.54) is 0 Å². The minimum Gasteiger partial charge on any atom is -0.460 e. The van der Waals surface area contributed by atoms with Crippen LogP contribution in [0.25, 0.3) is 11.5 Å². The van der Waals surface area contributed by atoms with E-state index in [0.29, 0.717) is 12.1 Å². The zero-order valence-corrected chi connectivity index (χ0v) is 11.9. The Morgan fingerprint density at radius 3 is 2.85 bits per heavy atom. The van der Waals surface area contributed by atoms with Crippen molar-refractivity contribution in [2.24, 2.45) is 5.73 Å². The van der Waals surface area contributed by atoms with Crippen molar-refractivity contribution in [2.75, 3.05) is 0 Å². The Morgan fingerprint density at radius 1 is 1.35 bits per heavy atom. The fourth-order valence-electron chi connectivity index (χ4n) is 2.80. The number of aromatic nitrogens is 2. The number of nitrogens with zero attached hydrogens (tertiary/aromatic N) is 1. The van der Waals surface area contributed by atoms with Gasteiger partial charge in [0.05, 0.1) is 6.20 Å². The van der Waals surface area contributed by atoms with E-state index in [9.17, 15) is 0 Å². The highest BCUT2D eigenvalue weighted by Crippen LogP contribution is 2.24. The van der Waals surface area contributed by atoms with E-state index in [1.54, 1.807) is 0 Å². The van der Waals surface area contributed by atoms with Crippen molar-refractivity contribution < 1.29 is 4.42 Å². The predicted molar refractivity (Wildman–Crippen MR) is 78.1 cm³/mol. The lowest BCUT2D eigenvalue weighted by Gasteiger charge is -2.26. The number of aryl methyl sites for hydroxylation is 1. The van der Waals surface area contributed by atoms with E-state index in [4.69, 9.17) is 10.2 Å². The number of rotatable bonds is 4. The second-order valence-electron chi connectivity index (χ2n) is 5.67. The monoisotopic (exact) mass is 274 g/mol. The molecule has 1 aliphatic carbocycles. The SMILES string of the molecule is Cc1ccc(-c2[nH]ncc2CNC2CCC(N)CC2)o1. The predicted octanol–water partition coefficient (Wildman–Crippen LogP) is 2.34. The standard InChI is InChI=1S/C15H22N4O/c1-10-2-7-14(20-10)15-11(9-18-19-15)8-17-13-5-3-12(16)4-6-13/h2,7,9,12-13,17H,3-6,8,16H2,1H3,(H,18,19). The molecule has 0 atom stereocenters. The average molecular weight is 274 g/mol. The van der Waals surface area contributed by atoms with Gasteiger partial charge in [0.1, 0.15) is 11.5 Å². The molecule has 0 bridgehead atoms. The maximum absolute atomic E-state index is 5.93. The van der Waals surface area contributed by atoms with Crippen LogP contribution in [-0.2, 0) is 6.54 Å². The average Bonchev–Trinajstić information content (AvgIpc) is 3.06. The van der Waals surface area contributed by atoms with Crippen molar-refractivity contribution >= 4 is 0 Å². The van der Waals surface area contributed by atoms with E-state index < -0.39 is 0 Å². The number of furan rings is 1. The maximum atomic E-state index is 5.93. The summed E-state index contributed by atoms with van der Waals surface area (Å²) in [5.41, 5.74) is 8.05. The van der Waals surface area contributed by atoms with Gasteiger partial charge in [-0.25, -0.2) is 0 Å². The Hall–Kier alpha value is -1.59. The third kappa shape index (κ3) is 2.94. The smallest absolute Gasteiger partial charge is 0.152 e. The maximum Gasteiger partial charge on any atom is 0.152 e. The van der Waals surface area contributed by atoms with Crippen molar-refractivity contribution in [1.29, 1.82) is 0 Å². The van der Waals surface area contributed by atoms with Crippen LogP contribution in [-0.4, -0.2) is 22.3 Å². The quantitative estimate of drug-likeness (QED) is 0.799. The summed E-state index contributed by atoms with van der Waals surface area (Å²) in [7, 11) is 0. The van der Waals surface area contributed by atoms with Gasteiger partial charge in [-0.05, 0) is 44.7 Å². The van der Waals surface area contributed by atoms with E-state index in [1.807, 2.05) is 25.3 Å². The lowest BCUT2D eigenvalue weighted by Crippen LogP contribution is -2.37. The van der Waals surface area contributed by atoms with Crippen LogP contribution in [0.4, 0.5) is 0 Å². The van der Waals surface area contributed by atoms with Crippen molar-refractivity contribution in [3.63, 3.8) is 0 Å². The van der Waals surface area contributed by atoms with Gasteiger partial charge in [-0.2, -0.15) is 5.10 Å². The first kappa shape index (κ1) is 13.4. The van der Waals surface area contributed by atoms with Crippen molar-refractivity contribution in [3.05, 3.63) is 29.7 Å². The van der Waals surface area contributed by atoms with Gasteiger partial charge in [0.2, 0.25) is 0 Å². The molecule has 1 fully saturated rings. The van der Waals surface area contributed by atoms with E-state index in [0.717, 1.165) is 55.0 Å². The highest BCUT2D eigenvalue weighted by atomic mass is 16.3. The molecule has 0 amide bonds. The molecular weight excluding hydrogens is 252 g/mol. The number of nitrogens with two attached hydrogens (primary N) is 1. The van der Waals surface area contributed by atoms with Crippen molar-refractivity contribution in [2.45, 2.75) is 51.2 Å². The highest BCUT2D eigenvalue weighted by Gasteiger charge is 2.19. The number of aromatic amines is 1. The van der Waals surface area contributed by atoms with Gasteiger partial charge in [-0.15, -0.1) is 0 Å². The van der Waals surface area contributed by atoms with Crippen LogP contribution in [0, 0.1) is 6.92 Å². The summed E-state index contributed by atoms with van der Waals surface area (Å²) in [6.45, 7) is 2.76. The van der Waals surface area contributed by atoms with Crippen molar-refractivity contribution in [1.82, 2.24) is 15.5 Å². The molecular formula is C15H22N4O. The van der Waals surface area contributed by atoms with Gasteiger partial charge in [0.25, 0.3) is 0 Å². The largest absolute Gasteiger partial charge is 0.460 e. The molecule has 0 spiro atoms. The molecule has 1 saturated carbocycles. The highest BCUT2D eigenvalue weighted by molar-refractivity contribution is 5.56. The summed E-state index contributed by atoms with van der Waals surface area (Å²) in [6, 6.07) is 4.90. The first-order valence-corrected chi connectivity index (χ1v) is 7.30. The number of nitrogens with one attached hydrogen (secondary N) is 2. The lowest BCUT2D eigenvalue weighted by atomic mass is 9.92. The Bertz CT molecular complexity index is 552. The summed E-state index contributed by atoms with van der Waals surface area (Å²) in [4.78, 5) is 0. The topological polar surface area (TPSA) is 79.9 Å². The van der Waals surface area contributed by atoms with E-state index in [-0.39, 0.29) is 0 Å². The minimum atomic E-state index is 0.392. The zero-order chi connectivity index (χ0) is 13.9. The molecule has 108 valence electrons. The fourth-order valence-corrected chi connectivity index (χ4v) is 2.80. The molecule has 0 saturated heterocycles. The van der Waals surface area contributed by atoms with Crippen LogP contribution in [0.1, 0.15) is 37.0 Å². The molecule has 20 heavy (non-hydrogen) atoms. The Balaban J connectivity index is 1.62. The third-order valence-corrected chi connectivity index (χ3v) is 4.06. The Kier molecular flexibility index (Phi) is 3.89. The van der Waals surface area contributed by atoms with Crippen LogP contribution >= 0.6 is 0 Å². The van der Waals surface area contributed by atoms with Crippen LogP contribution < -0.4 is 11.1 Å². The molecule has 1 aliphatic rings. The van der Waals surface area contributed by atoms with Gasteiger partial charge in [0.15, 0.2) is 5.76 Å². The van der Waals surface area contributed by atoms with E-state index in [2.05, 4.69) is 15.5 Å². The summed E-state index contributed by atoms with van der Waals surface area (Å²) in [5.74, 6) is 1.76. The molecule has 2 aromatic heterocycles. The molecule has 5 heteroatoms. The van der Waals surface area contributed by atoms with E-state index >= 15 is 0 Å². The van der Waals surface area contributed by atoms with Crippen LogP contribution in [0.3, 0.4) is 0 Å². The normalized spacial score (nSPS) is 23.1. The summed E-state index contributed by atoms with van der Waals surface area (Å²) < 4.78 is 5.66. The molecule has 0 aliphatic heterocycles. The third-order valence-electron chi connectivity index (χ3n) is 4.06. The molecule has 0 aromatic carbocycles. The Morgan fingerprint density at radius 2 is 2.15 bits per heavy atom. The molecule has 0 unspecified atom stereocenters. The summed E-state index contributed by atoms with van der Waals surface area (Å²) in [5, 5.41) is 10.8. The molecule has 0 radical (unpaired) electrons. The lowest BCUT2D eigenvalue weighted by molar-refractivity contribution is 0.342. The van der Waals surface area contributed by atoms with Gasteiger partial charge in [-0.3, -0.25) is 5.10 Å². The second kappa shape index (κ2) is 5.81. The molecule has 4 N–H and O–H groups in total. The molecule has 2 aromatic rings. The molecule has 3 rings (SSSR count). The number of hydrogen-bond acceptors (Lipinski definition) is 4. The van der Waals surface area contributed by atoms with Gasteiger partial charge in [0, 0.05) is 24.2 Å². The Labute approximate surface area is 118 Å². The summed E-state index contributed by atoms with van der Waals surface area (Å²) in [6.07, 6.45) is 6.43. The fraction of sp³-hybridized carbons (Fsp3) is 0.533.